The molecule has 0 spiro atoms. The highest BCUT2D eigenvalue weighted by Gasteiger charge is 2.33. The third-order valence-electron chi connectivity index (χ3n) is 4.65. The molecular formula is C20H26F3N5OS. The maximum atomic E-state index is 12.7. The molecule has 0 unspecified atom stereocenters. The third kappa shape index (κ3) is 6.86. The Morgan fingerprint density at radius 1 is 1.27 bits per heavy atom. The van der Waals surface area contributed by atoms with E-state index in [1.807, 2.05) is 19.1 Å². The lowest BCUT2D eigenvalue weighted by molar-refractivity contribution is -0.140. The highest BCUT2D eigenvalue weighted by molar-refractivity contribution is 7.09. The molecule has 164 valence electrons. The Hall–Kier alpha value is -2.36. The Kier molecular flexibility index (Phi) is 7.89. The number of guanidine groups is 1. The second kappa shape index (κ2) is 10.6. The first-order valence-corrected chi connectivity index (χ1v) is 11.0. The quantitative estimate of drug-likeness (QED) is 0.488. The third-order valence-corrected chi connectivity index (χ3v) is 5.50. The molecule has 2 heterocycles. The molecule has 0 radical (unpaired) electrons. The molecule has 0 aliphatic heterocycles. The van der Waals surface area contributed by atoms with Crippen LogP contribution in [-0.4, -0.2) is 28.6 Å². The number of aromatic nitrogens is 2. The van der Waals surface area contributed by atoms with E-state index in [1.54, 1.807) is 6.20 Å². The minimum atomic E-state index is -4.42. The lowest BCUT2D eigenvalue weighted by atomic mass is 9.98. The van der Waals surface area contributed by atoms with Gasteiger partial charge in [-0.25, -0.2) is 15.0 Å². The summed E-state index contributed by atoms with van der Waals surface area (Å²) >= 11 is 0.968. The molecule has 30 heavy (non-hydrogen) atoms. The number of alkyl halides is 3. The summed E-state index contributed by atoms with van der Waals surface area (Å²) in [6, 6.07) is 3.76. The number of halogens is 3. The van der Waals surface area contributed by atoms with Crippen molar-refractivity contribution in [1.82, 2.24) is 20.6 Å². The van der Waals surface area contributed by atoms with Crippen LogP contribution in [0, 0.1) is 0 Å². The molecule has 0 atom stereocenters. The van der Waals surface area contributed by atoms with Gasteiger partial charge in [-0.2, -0.15) is 13.2 Å². The van der Waals surface area contributed by atoms with E-state index >= 15 is 0 Å². The van der Waals surface area contributed by atoms with Gasteiger partial charge in [-0.3, -0.25) is 0 Å². The Bertz CT molecular complexity index is 834. The topological polar surface area (TPSA) is 71.4 Å². The number of nitrogens with one attached hydrogen (secondary N) is 2. The first kappa shape index (κ1) is 22.3. The number of pyridine rings is 1. The number of nitrogens with zero attached hydrogens (tertiary/aromatic N) is 3. The first-order chi connectivity index (χ1) is 14.4. The lowest BCUT2D eigenvalue weighted by Crippen LogP contribution is -2.36. The van der Waals surface area contributed by atoms with Crippen LogP contribution in [0.4, 0.5) is 13.2 Å². The summed E-state index contributed by atoms with van der Waals surface area (Å²) in [5.74, 6) is 1.11. The van der Waals surface area contributed by atoms with Crippen molar-refractivity contribution in [1.29, 1.82) is 0 Å². The van der Waals surface area contributed by atoms with Gasteiger partial charge in [0.2, 0.25) is 5.88 Å². The van der Waals surface area contributed by atoms with Gasteiger partial charge in [0.15, 0.2) is 11.7 Å². The molecule has 6 nitrogen and oxygen atoms in total. The highest BCUT2D eigenvalue weighted by Crippen LogP contribution is 2.30. The first-order valence-electron chi connectivity index (χ1n) is 10.1. The Balaban J connectivity index is 1.57. The molecule has 0 amide bonds. The van der Waals surface area contributed by atoms with E-state index in [-0.39, 0.29) is 12.6 Å². The summed E-state index contributed by atoms with van der Waals surface area (Å²) in [5, 5.41) is 7.48. The average molecular weight is 442 g/mol. The summed E-state index contributed by atoms with van der Waals surface area (Å²) in [7, 11) is 0. The van der Waals surface area contributed by atoms with E-state index in [0.717, 1.165) is 35.1 Å². The minimum Gasteiger partial charge on any atom is -0.474 e. The summed E-state index contributed by atoms with van der Waals surface area (Å²) in [6.07, 6.45) is 3.27. The van der Waals surface area contributed by atoms with E-state index in [0.29, 0.717) is 29.9 Å². The monoisotopic (exact) mass is 441 g/mol. The van der Waals surface area contributed by atoms with E-state index < -0.39 is 11.9 Å². The number of ether oxygens (including phenoxy) is 1. The van der Waals surface area contributed by atoms with Crippen molar-refractivity contribution < 1.29 is 17.9 Å². The van der Waals surface area contributed by atoms with Gasteiger partial charge in [0.1, 0.15) is 11.1 Å². The normalized spacial score (nSPS) is 15.8. The van der Waals surface area contributed by atoms with Crippen molar-refractivity contribution in [2.75, 3.05) is 6.54 Å². The van der Waals surface area contributed by atoms with E-state index in [1.165, 1.54) is 19.3 Å². The highest BCUT2D eigenvalue weighted by atomic mass is 32.1. The summed E-state index contributed by atoms with van der Waals surface area (Å²) in [6.45, 7) is 3.11. The summed E-state index contributed by atoms with van der Waals surface area (Å²) in [5.41, 5.74) is 0.0788. The average Bonchev–Trinajstić information content (AvgIpc) is 3.21. The number of aliphatic imine (C=N–C) groups is 1. The van der Waals surface area contributed by atoms with Crippen LogP contribution < -0.4 is 15.4 Å². The van der Waals surface area contributed by atoms with Crippen LogP contribution in [0.5, 0.6) is 5.88 Å². The Labute approximate surface area is 178 Å². The van der Waals surface area contributed by atoms with Crippen molar-refractivity contribution in [2.24, 2.45) is 4.99 Å². The fourth-order valence-corrected chi connectivity index (χ4v) is 3.90. The molecule has 0 saturated heterocycles. The van der Waals surface area contributed by atoms with Crippen LogP contribution in [0.2, 0.25) is 0 Å². The zero-order valence-corrected chi connectivity index (χ0v) is 17.7. The van der Waals surface area contributed by atoms with Crippen LogP contribution in [0.25, 0.3) is 0 Å². The van der Waals surface area contributed by atoms with Crippen molar-refractivity contribution in [3.8, 4) is 5.88 Å². The zero-order chi connectivity index (χ0) is 21.4. The molecule has 1 aliphatic carbocycles. The van der Waals surface area contributed by atoms with Crippen molar-refractivity contribution in [2.45, 2.75) is 64.4 Å². The van der Waals surface area contributed by atoms with Crippen molar-refractivity contribution in [3.05, 3.63) is 40.0 Å². The van der Waals surface area contributed by atoms with Crippen LogP contribution in [0.3, 0.4) is 0 Å². The predicted octanol–water partition coefficient (Wildman–Crippen LogP) is 4.52. The molecule has 1 aliphatic rings. The molecule has 1 fully saturated rings. The smallest absolute Gasteiger partial charge is 0.434 e. The van der Waals surface area contributed by atoms with E-state index in [9.17, 15) is 13.2 Å². The largest absolute Gasteiger partial charge is 0.474 e. The van der Waals surface area contributed by atoms with Crippen molar-refractivity contribution in [3.63, 3.8) is 0 Å². The van der Waals surface area contributed by atoms with Gasteiger partial charge in [-0.15, -0.1) is 11.3 Å². The number of thiazole rings is 1. The number of hydrogen-bond acceptors (Lipinski definition) is 5. The Morgan fingerprint density at radius 2 is 2.07 bits per heavy atom. The van der Waals surface area contributed by atoms with E-state index in [4.69, 9.17) is 4.74 Å². The molecule has 0 bridgehead atoms. The van der Waals surface area contributed by atoms with Gasteiger partial charge in [-0.05, 0) is 44.2 Å². The number of hydrogen-bond donors (Lipinski definition) is 2. The molecule has 3 rings (SSSR count). The molecule has 0 aromatic carbocycles. The van der Waals surface area contributed by atoms with Gasteiger partial charge in [-0.1, -0.05) is 6.42 Å². The molecule has 1 saturated carbocycles. The standard InChI is InChI=1S/C20H26F3N5OS/c1-2-24-19(27-12-18-28-16(13-30-18)20(21,22)23)26-11-14-8-9-25-17(10-14)29-15-6-4-3-5-7-15/h8-10,13,15H,2-7,11-12H2,1H3,(H2,24,26,27). The number of rotatable bonds is 7. The maximum absolute atomic E-state index is 12.7. The molecule has 10 heteroatoms. The summed E-state index contributed by atoms with van der Waals surface area (Å²) in [4.78, 5) is 12.4. The second-order valence-corrected chi connectivity index (χ2v) is 8.00. The fourth-order valence-electron chi connectivity index (χ4n) is 3.16. The SMILES string of the molecule is CCNC(=NCc1ccnc(OC2CCCCC2)c1)NCc1nc(C(F)(F)F)cs1. The Morgan fingerprint density at radius 3 is 2.77 bits per heavy atom. The van der Waals surface area contributed by atoms with Gasteiger partial charge >= 0.3 is 6.18 Å². The van der Waals surface area contributed by atoms with Crippen LogP contribution in [0.1, 0.15) is 55.3 Å². The van der Waals surface area contributed by atoms with E-state index in [2.05, 4.69) is 25.6 Å². The zero-order valence-electron chi connectivity index (χ0n) is 16.8. The molecule has 2 aromatic rings. The van der Waals surface area contributed by atoms with Gasteiger partial charge < -0.3 is 15.4 Å². The van der Waals surface area contributed by atoms with Crippen LogP contribution in [0.15, 0.2) is 28.7 Å². The molecular weight excluding hydrogens is 415 g/mol. The molecule has 2 aromatic heterocycles. The van der Waals surface area contributed by atoms with Crippen molar-refractivity contribution >= 4 is 17.3 Å². The van der Waals surface area contributed by atoms with Gasteiger partial charge in [0.05, 0.1) is 13.1 Å². The van der Waals surface area contributed by atoms with Gasteiger partial charge in [0.25, 0.3) is 0 Å². The predicted molar refractivity (Wildman–Crippen MR) is 111 cm³/mol. The minimum absolute atomic E-state index is 0.166. The van der Waals surface area contributed by atoms with Gasteiger partial charge in [0, 0.05) is 24.2 Å². The van der Waals surface area contributed by atoms with Crippen LogP contribution in [-0.2, 0) is 19.3 Å². The molecule has 2 N–H and O–H groups in total. The van der Waals surface area contributed by atoms with Crippen LogP contribution >= 0.6 is 11.3 Å². The lowest BCUT2D eigenvalue weighted by Gasteiger charge is -2.22. The second-order valence-electron chi connectivity index (χ2n) is 7.05. The fraction of sp³-hybridized carbons (Fsp3) is 0.550. The maximum Gasteiger partial charge on any atom is 0.434 e. The summed E-state index contributed by atoms with van der Waals surface area (Å²) < 4.78 is 44.0.